The zero-order chi connectivity index (χ0) is 24.6. The number of aromatic nitrogens is 1. The fourth-order valence-electron chi connectivity index (χ4n) is 2.84. The first-order valence-corrected chi connectivity index (χ1v) is 11.1. The summed E-state index contributed by atoms with van der Waals surface area (Å²) in [6.07, 6.45) is -4.78. The normalized spacial score (nSPS) is 12.0. The Kier molecular flexibility index (Phi) is 8.47. The number of amides is 2. The summed E-state index contributed by atoms with van der Waals surface area (Å²) in [5.74, 6) is -0.771. The van der Waals surface area contributed by atoms with Crippen LogP contribution in [0.1, 0.15) is 33.9 Å². The number of benzene rings is 2. The van der Waals surface area contributed by atoms with Crippen LogP contribution in [-0.4, -0.2) is 36.3 Å². The quantitative estimate of drug-likeness (QED) is 0.440. The third-order valence-electron chi connectivity index (χ3n) is 4.59. The van der Waals surface area contributed by atoms with Crippen LogP contribution in [0.3, 0.4) is 0 Å². The van der Waals surface area contributed by atoms with Crippen molar-refractivity contribution in [1.29, 1.82) is 0 Å². The molecule has 0 aliphatic carbocycles. The number of thiazole rings is 1. The molecule has 0 bridgehead atoms. The zero-order valence-electron chi connectivity index (χ0n) is 18.1. The van der Waals surface area contributed by atoms with Gasteiger partial charge in [-0.05, 0) is 35.7 Å². The summed E-state index contributed by atoms with van der Waals surface area (Å²) in [6, 6.07) is 14.5. The summed E-state index contributed by atoms with van der Waals surface area (Å²) in [4.78, 5) is 28.6. The number of halogens is 3. The molecule has 2 N–H and O–H groups in total. The van der Waals surface area contributed by atoms with Gasteiger partial charge in [-0.15, -0.1) is 24.5 Å². The molecular formula is C23H22F3N3O4S. The minimum absolute atomic E-state index is 0.110. The Labute approximate surface area is 197 Å². The number of rotatable bonds is 10. The van der Waals surface area contributed by atoms with E-state index in [2.05, 4.69) is 20.4 Å². The van der Waals surface area contributed by atoms with Gasteiger partial charge in [0.2, 0.25) is 0 Å². The summed E-state index contributed by atoms with van der Waals surface area (Å²) in [7, 11) is 0. The van der Waals surface area contributed by atoms with Crippen molar-refractivity contribution in [3.8, 4) is 11.5 Å². The second-order valence-electron chi connectivity index (χ2n) is 7.23. The first kappa shape index (κ1) is 25.0. The van der Waals surface area contributed by atoms with Gasteiger partial charge in [0.15, 0.2) is 6.61 Å². The molecule has 3 aromatic rings. The average molecular weight is 494 g/mol. The molecule has 0 spiro atoms. The maximum Gasteiger partial charge on any atom is 0.573 e. The van der Waals surface area contributed by atoms with Crippen LogP contribution in [0.2, 0.25) is 0 Å². The maximum atomic E-state index is 12.3. The molecule has 2 aromatic carbocycles. The van der Waals surface area contributed by atoms with E-state index < -0.39 is 12.3 Å². The van der Waals surface area contributed by atoms with Crippen LogP contribution >= 0.6 is 11.3 Å². The lowest BCUT2D eigenvalue weighted by molar-refractivity contribution is -0.274. The number of hydrogen-bond acceptors (Lipinski definition) is 6. The number of nitrogens with one attached hydrogen (secondary N) is 2. The highest BCUT2D eigenvalue weighted by atomic mass is 32.1. The highest BCUT2D eigenvalue weighted by molar-refractivity contribution is 7.09. The van der Waals surface area contributed by atoms with Crippen LogP contribution in [0, 0.1) is 0 Å². The van der Waals surface area contributed by atoms with Crippen molar-refractivity contribution in [2.75, 3.05) is 13.2 Å². The molecule has 0 saturated heterocycles. The van der Waals surface area contributed by atoms with Crippen LogP contribution < -0.4 is 20.1 Å². The predicted molar refractivity (Wildman–Crippen MR) is 120 cm³/mol. The van der Waals surface area contributed by atoms with Gasteiger partial charge in [0.05, 0.1) is 6.54 Å². The average Bonchev–Trinajstić information content (AvgIpc) is 3.29. The smallest absolute Gasteiger partial charge is 0.484 e. The minimum atomic E-state index is -4.78. The fourth-order valence-corrected chi connectivity index (χ4v) is 3.56. The van der Waals surface area contributed by atoms with Crippen LogP contribution in [0.4, 0.5) is 13.2 Å². The van der Waals surface area contributed by atoms with Gasteiger partial charge in [0.1, 0.15) is 22.2 Å². The number of nitrogens with zero attached hydrogens (tertiary/aromatic N) is 1. The molecular weight excluding hydrogens is 471 g/mol. The van der Waals surface area contributed by atoms with Crippen molar-refractivity contribution in [1.82, 2.24) is 15.6 Å². The molecule has 2 amide bonds. The summed E-state index contributed by atoms with van der Waals surface area (Å²) >= 11 is 1.24. The van der Waals surface area contributed by atoms with E-state index in [-0.39, 0.29) is 42.2 Å². The van der Waals surface area contributed by atoms with Gasteiger partial charge < -0.3 is 20.1 Å². The molecule has 1 aromatic heterocycles. The second-order valence-corrected chi connectivity index (χ2v) is 8.18. The Hall–Kier alpha value is -3.60. The van der Waals surface area contributed by atoms with Crippen molar-refractivity contribution < 1.29 is 32.2 Å². The summed E-state index contributed by atoms with van der Waals surface area (Å²) in [5.41, 5.74) is 1.39. The maximum absolute atomic E-state index is 12.3. The van der Waals surface area contributed by atoms with Gasteiger partial charge in [0.25, 0.3) is 11.8 Å². The summed E-state index contributed by atoms with van der Waals surface area (Å²) in [6.45, 7) is 2.26. The van der Waals surface area contributed by atoms with E-state index in [9.17, 15) is 22.8 Å². The third-order valence-corrected chi connectivity index (χ3v) is 5.43. The van der Waals surface area contributed by atoms with E-state index in [1.807, 2.05) is 37.3 Å². The molecule has 11 heteroatoms. The monoisotopic (exact) mass is 493 g/mol. The van der Waals surface area contributed by atoms with Gasteiger partial charge >= 0.3 is 6.36 Å². The van der Waals surface area contributed by atoms with E-state index in [1.165, 1.54) is 23.5 Å². The first-order valence-electron chi connectivity index (χ1n) is 10.2. The molecule has 0 aliphatic rings. The van der Waals surface area contributed by atoms with E-state index in [1.54, 1.807) is 5.38 Å². The highest BCUT2D eigenvalue weighted by Crippen LogP contribution is 2.24. The van der Waals surface area contributed by atoms with E-state index in [4.69, 9.17) is 4.74 Å². The number of carbonyl (C=O) groups excluding carboxylic acids is 2. The lowest BCUT2D eigenvalue weighted by atomic mass is 10.0. The molecule has 3 rings (SSSR count). The van der Waals surface area contributed by atoms with Crippen molar-refractivity contribution in [3.05, 3.63) is 76.2 Å². The number of hydrogen-bond donors (Lipinski definition) is 2. The lowest BCUT2D eigenvalue weighted by Crippen LogP contribution is -2.29. The molecule has 1 atom stereocenters. The Morgan fingerprint density at radius 2 is 1.71 bits per heavy atom. The van der Waals surface area contributed by atoms with Crippen LogP contribution in [0.5, 0.6) is 11.5 Å². The summed E-state index contributed by atoms with van der Waals surface area (Å²) in [5, 5.41) is 7.63. The molecule has 0 unspecified atom stereocenters. The Morgan fingerprint density at radius 3 is 2.38 bits per heavy atom. The van der Waals surface area contributed by atoms with Gasteiger partial charge in [-0.3, -0.25) is 9.59 Å². The predicted octanol–water partition coefficient (Wildman–Crippen LogP) is 4.27. The second kappa shape index (κ2) is 11.5. The molecule has 34 heavy (non-hydrogen) atoms. The van der Waals surface area contributed by atoms with Gasteiger partial charge in [0, 0.05) is 11.9 Å². The van der Waals surface area contributed by atoms with Crippen molar-refractivity contribution in [2.45, 2.75) is 25.7 Å². The Morgan fingerprint density at radius 1 is 1.03 bits per heavy atom. The van der Waals surface area contributed by atoms with Crippen molar-refractivity contribution in [3.63, 3.8) is 0 Å². The number of ether oxygens (including phenoxy) is 2. The van der Waals surface area contributed by atoms with Crippen molar-refractivity contribution in [2.24, 2.45) is 0 Å². The minimum Gasteiger partial charge on any atom is -0.484 e. The first-order chi connectivity index (χ1) is 16.2. The molecule has 7 nitrogen and oxygen atoms in total. The molecule has 0 radical (unpaired) electrons. The standard InChI is InChI=1S/C23H22F3N3O4S/c1-15(16-5-3-2-4-6-16)11-28-22(31)19-14-34-21(29-19)12-27-20(30)13-32-17-7-9-18(10-8-17)33-23(24,25)26/h2-10,14-15H,11-13H2,1H3,(H,27,30)(H,28,31)/t15-/m0/s1. The largest absolute Gasteiger partial charge is 0.573 e. The molecule has 0 saturated carbocycles. The van der Waals surface area contributed by atoms with E-state index in [0.29, 0.717) is 11.6 Å². The lowest BCUT2D eigenvalue weighted by Gasteiger charge is -2.12. The molecule has 0 fully saturated rings. The highest BCUT2D eigenvalue weighted by Gasteiger charge is 2.31. The molecule has 180 valence electrons. The molecule has 0 aliphatic heterocycles. The van der Waals surface area contributed by atoms with Crippen molar-refractivity contribution >= 4 is 23.2 Å². The van der Waals surface area contributed by atoms with Crippen LogP contribution in [-0.2, 0) is 11.3 Å². The van der Waals surface area contributed by atoms with Gasteiger partial charge in [-0.1, -0.05) is 37.3 Å². The van der Waals surface area contributed by atoms with Crippen LogP contribution in [0.25, 0.3) is 0 Å². The molecule has 1 heterocycles. The van der Waals surface area contributed by atoms with E-state index in [0.717, 1.165) is 17.7 Å². The van der Waals surface area contributed by atoms with E-state index >= 15 is 0 Å². The third kappa shape index (κ3) is 8.07. The number of carbonyl (C=O) groups is 2. The van der Waals surface area contributed by atoms with Crippen LogP contribution in [0.15, 0.2) is 60.0 Å². The topological polar surface area (TPSA) is 89.6 Å². The Bertz CT molecular complexity index is 1090. The zero-order valence-corrected chi connectivity index (χ0v) is 18.9. The van der Waals surface area contributed by atoms with Gasteiger partial charge in [-0.2, -0.15) is 0 Å². The summed E-state index contributed by atoms with van der Waals surface area (Å²) < 4.78 is 45.5. The number of alkyl halides is 3. The van der Waals surface area contributed by atoms with Gasteiger partial charge in [-0.25, -0.2) is 4.98 Å². The fraction of sp³-hybridized carbons (Fsp3) is 0.261. The SMILES string of the molecule is C[C@@H](CNC(=O)c1csc(CNC(=O)COc2ccc(OC(F)(F)F)cc2)n1)c1ccccc1. The Balaban J connectivity index is 1.39.